The summed E-state index contributed by atoms with van der Waals surface area (Å²) >= 11 is 0. The molecule has 7 nitrogen and oxygen atoms in total. The predicted molar refractivity (Wildman–Crippen MR) is 63.7 cm³/mol. The SMILES string of the molecule is NC(=O)CCNC(=O)NCC1CCCC1C(=O)O. The van der Waals surface area contributed by atoms with Crippen molar-refractivity contribution >= 4 is 17.9 Å². The van der Waals surface area contributed by atoms with Crippen molar-refractivity contribution in [3.63, 3.8) is 0 Å². The van der Waals surface area contributed by atoms with E-state index in [9.17, 15) is 14.4 Å². The Morgan fingerprint density at radius 2 is 1.94 bits per heavy atom. The topological polar surface area (TPSA) is 122 Å². The summed E-state index contributed by atoms with van der Waals surface area (Å²) in [7, 11) is 0. The molecule has 2 unspecified atom stereocenters. The lowest BCUT2D eigenvalue weighted by Crippen LogP contribution is -2.40. The number of carbonyl (C=O) groups is 3. The van der Waals surface area contributed by atoms with Crippen LogP contribution in [0.3, 0.4) is 0 Å². The number of aliphatic carboxylic acids is 1. The van der Waals surface area contributed by atoms with Crippen LogP contribution in [0, 0.1) is 11.8 Å². The highest BCUT2D eigenvalue weighted by Crippen LogP contribution is 2.31. The van der Waals surface area contributed by atoms with Gasteiger partial charge in [-0.25, -0.2) is 4.79 Å². The Hall–Kier alpha value is -1.79. The van der Waals surface area contributed by atoms with Crippen LogP contribution >= 0.6 is 0 Å². The highest BCUT2D eigenvalue weighted by Gasteiger charge is 2.32. The summed E-state index contributed by atoms with van der Waals surface area (Å²) in [6.07, 6.45) is 2.46. The molecule has 1 rings (SSSR count). The van der Waals surface area contributed by atoms with E-state index in [1.807, 2.05) is 0 Å². The van der Waals surface area contributed by atoms with Crippen molar-refractivity contribution < 1.29 is 19.5 Å². The van der Waals surface area contributed by atoms with Crippen LogP contribution in [0.15, 0.2) is 0 Å². The molecule has 0 aliphatic heterocycles. The number of rotatable bonds is 6. The Labute approximate surface area is 105 Å². The van der Waals surface area contributed by atoms with E-state index in [2.05, 4.69) is 10.6 Å². The summed E-state index contributed by atoms with van der Waals surface area (Å²) in [4.78, 5) is 32.7. The lowest BCUT2D eigenvalue weighted by Gasteiger charge is -2.16. The smallest absolute Gasteiger partial charge is 0.314 e. The van der Waals surface area contributed by atoms with E-state index in [4.69, 9.17) is 10.8 Å². The van der Waals surface area contributed by atoms with Crippen LogP contribution in [-0.4, -0.2) is 36.1 Å². The molecule has 18 heavy (non-hydrogen) atoms. The van der Waals surface area contributed by atoms with Crippen molar-refractivity contribution in [3.8, 4) is 0 Å². The zero-order chi connectivity index (χ0) is 13.5. The van der Waals surface area contributed by atoms with Gasteiger partial charge >= 0.3 is 12.0 Å². The molecule has 0 aromatic rings. The van der Waals surface area contributed by atoms with E-state index < -0.39 is 17.9 Å². The molecule has 0 aromatic carbocycles. The van der Waals surface area contributed by atoms with Crippen LogP contribution in [0.1, 0.15) is 25.7 Å². The van der Waals surface area contributed by atoms with Crippen LogP contribution in [0.4, 0.5) is 4.79 Å². The quantitative estimate of drug-likeness (QED) is 0.520. The molecule has 0 heterocycles. The summed E-state index contributed by atoms with van der Waals surface area (Å²) in [6, 6.07) is -0.396. The maximum absolute atomic E-state index is 11.3. The molecule has 102 valence electrons. The van der Waals surface area contributed by atoms with Gasteiger partial charge in [-0.1, -0.05) is 6.42 Å². The normalized spacial score (nSPS) is 22.4. The standard InChI is InChI=1S/C11H19N3O4/c12-9(15)4-5-13-11(18)14-6-7-2-1-3-8(7)10(16)17/h7-8H,1-6H2,(H2,12,15)(H,16,17)(H2,13,14,18). The zero-order valence-corrected chi connectivity index (χ0v) is 10.1. The fraction of sp³-hybridized carbons (Fsp3) is 0.727. The zero-order valence-electron chi connectivity index (χ0n) is 10.1. The van der Waals surface area contributed by atoms with Crippen molar-refractivity contribution in [2.75, 3.05) is 13.1 Å². The van der Waals surface area contributed by atoms with Gasteiger partial charge in [-0.15, -0.1) is 0 Å². The summed E-state index contributed by atoms with van der Waals surface area (Å²) in [5.41, 5.74) is 4.93. The first-order valence-electron chi connectivity index (χ1n) is 6.03. The number of carboxylic acids is 1. The Kier molecular flexibility index (Phi) is 5.41. The number of urea groups is 1. The third kappa shape index (κ3) is 4.60. The number of hydrogen-bond donors (Lipinski definition) is 4. The van der Waals surface area contributed by atoms with Crippen LogP contribution < -0.4 is 16.4 Å². The van der Waals surface area contributed by atoms with Gasteiger partial charge in [0.05, 0.1) is 5.92 Å². The summed E-state index contributed by atoms with van der Waals surface area (Å²) in [5, 5.41) is 14.1. The Balaban J connectivity index is 2.21. The Morgan fingerprint density at radius 3 is 2.56 bits per heavy atom. The van der Waals surface area contributed by atoms with Crippen LogP contribution in [0.25, 0.3) is 0 Å². The largest absolute Gasteiger partial charge is 0.481 e. The number of primary amides is 1. The van der Waals surface area contributed by atoms with Gasteiger partial charge in [0.2, 0.25) is 5.91 Å². The number of hydrogen-bond acceptors (Lipinski definition) is 3. The third-order valence-electron chi connectivity index (χ3n) is 3.16. The van der Waals surface area contributed by atoms with Gasteiger partial charge < -0.3 is 21.5 Å². The van der Waals surface area contributed by atoms with Gasteiger partial charge in [-0.05, 0) is 18.8 Å². The lowest BCUT2D eigenvalue weighted by atomic mass is 9.96. The minimum Gasteiger partial charge on any atom is -0.481 e. The molecule has 1 fully saturated rings. The predicted octanol–water partition coefficient (Wildman–Crippen LogP) is -0.338. The monoisotopic (exact) mass is 257 g/mol. The van der Waals surface area contributed by atoms with E-state index in [1.54, 1.807) is 0 Å². The van der Waals surface area contributed by atoms with E-state index in [1.165, 1.54) is 0 Å². The number of carboxylic acid groups (broad SMARTS) is 1. The van der Waals surface area contributed by atoms with Gasteiger partial charge in [0.15, 0.2) is 0 Å². The fourth-order valence-electron chi connectivity index (χ4n) is 2.19. The first-order valence-corrected chi connectivity index (χ1v) is 6.03. The fourth-order valence-corrected chi connectivity index (χ4v) is 2.19. The maximum atomic E-state index is 11.3. The van der Waals surface area contributed by atoms with E-state index in [0.29, 0.717) is 13.0 Å². The highest BCUT2D eigenvalue weighted by molar-refractivity contribution is 5.77. The highest BCUT2D eigenvalue weighted by atomic mass is 16.4. The van der Waals surface area contributed by atoms with Crippen LogP contribution in [-0.2, 0) is 9.59 Å². The van der Waals surface area contributed by atoms with Gasteiger partial charge in [0.25, 0.3) is 0 Å². The molecule has 0 aromatic heterocycles. The molecule has 0 saturated heterocycles. The lowest BCUT2D eigenvalue weighted by molar-refractivity contribution is -0.142. The molecule has 0 bridgehead atoms. The van der Waals surface area contributed by atoms with Crippen molar-refractivity contribution in [3.05, 3.63) is 0 Å². The van der Waals surface area contributed by atoms with Crippen LogP contribution in [0.2, 0.25) is 0 Å². The Bertz CT molecular complexity index is 332. The number of amides is 3. The molecule has 1 aliphatic carbocycles. The average Bonchev–Trinajstić information content (AvgIpc) is 2.74. The first kappa shape index (κ1) is 14.3. The minimum atomic E-state index is -0.798. The third-order valence-corrected chi connectivity index (χ3v) is 3.16. The van der Waals surface area contributed by atoms with Crippen LogP contribution in [0.5, 0.6) is 0 Å². The van der Waals surface area contributed by atoms with Gasteiger partial charge in [0.1, 0.15) is 0 Å². The van der Waals surface area contributed by atoms with Crippen molar-refractivity contribution in [2.45, 2.75) is 25.7 Å². The molecule has 0 radical (unpaired) electrons. The second kappa shape index (κ2) is 6.83. The number of nitrogens with two attached hydrogens (primary N) is 1. The minimum absolute atomic E-state index is 0.00982. The molecule has 2 atom stereocenters. The van der Waals surface area contributed by atoms with Crippen molar-refractivity contribution in [1.82, 2.24) is 10.6 Å². The summed E-state index contributed by atoms with van der Waals surface area (Å²) in [5.74, 6) is -1.65. The molecule has 1 saturated carbocycles. The molecule has 0 spiro atoms. The second-order valence-electron chi connectivity index (χ2n) is 4.49. The van der Waals surface area contributed by atoms with Crippen molar-refractivity contribution in [2.24, 2.45) is 17.6 Å². The van der Waals surface area contributed by atoms with E-state index in [-0.39, 0.29) is 24.8 Å². The maximum Gasteiger partial charge on any atom is 0.314 e. The molecular weight excluding hydrogens is 238 g/mol. The van der Waals surface area contributed by atoms with E-state index in [0.717, 1.165) is 12.8 Å². The van der Waals surface area contributed by atoms with Gasteiger partial charge in [-0.3, -0.25) is 9.59 Å². The van der Waals surface area contributed by atoms with Gasteiger partial charge in [-0.2, -0.15) is 0 Å². The molecule has 3 amide bonds. The van der Waals surface area contributed by atoms with Gasteiger partial charge in [0, 0.05) is 19.5 Å². The summed E-state index contributed by atoms with van der Waals surface area (Å²) < 4.78 is 0. The molecule has 1 aliphatic rings. The molecule has 5 N–H and O–H groups in total. The first-order chi connectivity index (χ1) is 8.50. The number of carbonyl (C=O) groups excluding carboxylic acids is 2. The van der Waals surface area contributed by atoms with Crippen molar-refractivity contribution in [1.29, 1.82) is 0 Å². The summed E-state index contributed by atoms with van der Waals surface area (Å²) in [6.45, 7) is 0.535. The molecule has 7 heteroatoms. The molecular formula is C11H19N3O4. The number of nitrogens with one attached hydrogen (secondary N) is 2. The Morgan fingerprint density at radius 1 is 1.22 bits per heavy atom. The second-order valence-corrected chi connectivity index (χ2v) is 4.49. The van der Waals surface area contributed by atoms with E-state index >= 15 is 0 Å². The average molecular weight is 257 g/mol.